The van der Waals surface area contributed by atoms with E-state index in [1.807, 2.05) is 36.9 Å². The summed E-state index contributed by atoms with van der Waals surface area (Å²) in [4.78, 5) is 27.4. The van der Waals surface area contributed by atoms with E-state index in [9.17, 15) is 14.0 Å². The van der Waals surface area contributed by atoms with Gasteiger partial charge in [0.15, 0.2) is 0 Å². The Hall–Kier alpha value is -2.62. The lowest BCUT2D eigenvalue weighted by Crippen LogP contribution is -2.39. The fourth-order valence-electron chi connectivity index (χ4n) is 4.49. The molecule has 2 aromatic carbocycles. The number of carbonyl (C=O) groups excluding carboxylic acids is 2. The lowest BCUT2D eigenvalue weighted by atomic mass is 9.96. The number of likely N-dealkylation sites (tertiary alicyclic amines) is 1. The Morgan fingerprint density at radius 2 is 1.83 bits per heavy atom. The van der Waals surface area contributed by atoms with Crippen molar-refractivity contribution in [1.82, 2.24) is 14.7 Å². The second-order valence-electron chi connectivity index (χ2n) is 9.67. The average Bonchev–Trinajstić information content (AvgIpc) is 3.70. The molecule has 1 saturated heterocycles. The monoisotopic (exact) mass is 515 g/mol. The number of rotatable bonds is 9. The van der Waals surface area contributed by atoms with E-state index >= 15 is 0 Å². The van der Waals surface area contributed by atoms with Gasteiger partial charge in [0.25, 0.3) is 11.8 Å². The van der Waals surface area contributed by atoms with Crippen LogP contribution in [0.4, 0.5) is 4.39 Å². The van der Waals surface area contributed by atoms with Crippen molar-refractivity contribution in [2.75, 3.05) is 33.9 Å². The Kier molecular flexibility index (Phi) is 8.54. The molecule has 1 aliphatic heterocycles. The summed E-state index contributed by atoms with van der Waals surface area (Å²) in [6.45, 7) is 5.88. The number of ether oxygens (including phenoxy) is 1. The summed E-state index contributed by atoms with van der Waals surface area (Å²) in [5, 5.41) is 0. The summed E-state index contributed by atoms with van der Waals surface area (Å²) in [6, 6.07) is 8.80. The quantitative estimate of drug-likeness (QED) is 0.287. The Labute approximate surface area is 216 Å². The number of carbonyl (C=O) groups is 2. The SMILES string of the molecule is COSN(C)NC(=O)c1cc(C2CC2)c(OCC2CCN(C(=O)c3ccc(C)c(C)c3)CC2)cc1F. The molecule has 0 radical (unpaired) electrons. The van der Waals surface area contributed by atoms with E-state index in [0.29, 0.717) is 25.4 Å². The Bertz CT molecular complexity index is 1120. The molecule has 2 aromatic rings. The van der Waals surface area contributed by atoms with Gasteiger partial charge in [-0.05, 0) is 86.3 Å². The minimum atomic E-state index is -0.614. The van der Waals surface area contributed by atoms with E-state index < -0.39 is 11.7 Å². The highest BCUT2D eigenvalue weighted by Gasteiger charge is 2.30. The van der Waals surface area contributed by atoms with Gasteiger partial charge in [-0.25, -0.2) is 4.39 Å². The van der Waals surface area contributed by atoms with Crippen LogP contribution in [0.1, 0.15) is 69.0 Å². The van der Waals surface area contributed by atoms with Gasteiger partial charge in [-0.2, -0.15) is 0 Å². The third kappa shape index (κ3) is 6.38. The highest BCUT2D eigenvalue weighted by molar-refractivity contribution is 7.92. The van der Waals surface area contributed by atoms with Gasteiger partial charge in [-0.1, -0.05) is 6.07 Å². The molecule has 7 nitrogen and oxygen atoms in total. The first kappa shape index (κ1) is 26.4. The summed E-state index contributed by atoms with van der Waals surface area (Å²) < 4.78 is 27.3. The molecule has 1 N–H and O–H groups in total. The number of nitrogens with zero attached hydrogens (tertiary/aromatic N) is 2. The summed E-state index contributed by atoms with van der Waals surface area (Å²) in [7, 11) is 3.10. The molecule has 1 saturated carbocycles. The van der Waals surface area contributed by atoms with Gasteiger partial charge >= 0.3 is 0 Å². The summed E-state index contributed by atoms with van der Waals surface area (Å²) in [5.74, 6) is 0.00591. The van der Waals surface area contributed by atoms with E-state index in [0.717, 1.165) is 54.6 Å². The molecule has 0 spiro atoms. The first-order valence-electron chi connectivity index (χ1n) is 12.3. The van der Waals surface area contributed by atoms with Gasteiger partial charge in [0, 0.05) is 31.8 Å². The van der Waals surface area contributed by atoms with Crippen LogP contribution in [0, 0.1) is 25.6 Å². The number of aryl methyl sites for hydroxylation is 2. The number of benzene rings is 2. The molecule has 2 fully saturated rings. The van der Waals surface area contributed by atoms with E-state index in [1.165, 1.54) is 23.2 Å². The maximum Gasteiger partial charge on any atom is 0.269 e. The average molecular weight is 516 g/mol. The zero-order valence-corrected chi connectivity index (χ0v) is 22.1. The van der Waals surface area contributed by atoms with Gasteiger partial charge in [0.1, 0.15) is 23.8 Å². The van der Waals surface area contributed by atoms with Crippen LogP contribution in [-0.4, -0.2) is 55.0 Å². The maximum atomic E-state index is 14.9. The fraction of sp³-hybridized carbons (Fsp3) is 0.481. The van der Waals surface area contributed by atoms with Crippen LogP contribution in [0.25, 0.3) is 0 Å². The van der Waals surface area contributed by atoms with Crippen molar-refractivity contribution in [3.8, 4) is 5.75 Å². The maximum absolute atomic E-state index is 14.9. The van der Waals surface area contributed by atoms with E-state index in [-0.39, 0.29) is 23.3 Å². The number of amides is 2. The molecule has 2 aliphatic rings. The van der Waals surface area contributed by atoms with Gasteiger partial charge in [0.2, 0.25) is 0 Å². The first-order chi connectivity index (χ1) is 17.3. The predicted octanol–water partition coefficient (Wildman–Crippen LogP) is 5.04. The number of halogens is 1. The van der Waals surface area contributed by atoms with Crippen LogP contribution < -0.4 is 10.2 Å². The van der Waals surface area contributed by atoms with Crippen molar-refractivity contribution in [2.45, 2.75) is 45.4 Å². The number of hydrazine groups is 1. The molecule has 4 rings (SSSR count). The second kappa shape index (κ2) is 11.6. The minimum Gasteiger partial charge on any atom is -0.493 e. The van der Waals surface area contributed by atoms with Gasteiger partial charge < -0.3 is 13.8 Å². The van der Waals surface area contributed by atoms with Gasteiger partial charge in [0.05, 0.1) is 19.3 Å². The number of hydrogen-bond acceptors (Lipinski definition) is 6. The summed E-state index contributed by atoms with van der Waals surface area (Å²) >= 11 is 0.941. The number of hydrogen-bond donors (Lipinski definition) is 1. The van der Waals surface area contributed by atoms with Crippen molar-refractivity contribution in [3.63, 3.8) is 0 Å². The minimum absolute atomic E-state index is 0.00836. The summed E-state index contributed by atoms with van der Waals surface area (Å²) in [5.41, 5.74) is 6.47. The van der Waals surface area contributed by atoms with Crippen molar-refractivity contribution < 1.29 is 22.9 Å². The van der Waals surface area contributed by atoms with E-state index in [4.69, 9.17) is 8.92 Å². The Morgan fingerprint density at radius 3 is 2.47 bits per heavy atom. The van der Waals surface area contributed by atoms with Crippen LogP contribution >= 0.6 is 12.2 Å². The van der Waals surface area contributed by atoms with Crippen molar-refractivity contribution in [3.05, 3.63) is 64.0 Å². The largest absolute Gasteiger partial charge is 0.493 e. The smallest absolute Gasteiger partial charge is 0.269 e. The van der Waals surface area contributed by atoms with Crippen LogP contribution in [0.3, 0.4) is 0 Å². The third-order valence-corrected chi connectivity index (χ3v) is 7.40. The van der Waals surface area contributed by atoms with Gasteiger partial charge in [-0.3, -0.25) is 15.0 Å². The molecule has 1 heterocycles. The molecule has 9 heteroatoms. The highest BCUT2D eigenvalue weighted by Crippen LogP contribution is 2.45. The second-order valence-corrected chi connectivity index (χ2v) is 10.7. The van der Waals surface area contributed by atoms with Crippen molar-refractivity contribution in [2.24, 2.45) is 5.92 Å². The van der Waals surface area contributed by atoms with Crippen LogP contribution in [-0.2, 0) is 4.18 Å². The van der Waals surface area contributed by atoms with Crippen molar-refractivity contribution >= 4 is 24.0 Å². The molecule has 194 valence electrons. The van der Waals surface area contributed by atoms with E-state index in [2.05, 4.69) is 5.43 Å². The molecule has 0 unspecified atom stereocenters. The Morgan fingerprint density at radius 1 is 1.11 bits per heavy atom. The molecule has 0 aromatic heterocycles. The molecule has 1 aliphatic carbocycles. The molecule has 0 atom stereocenters. The van der Waals surface area contributed by atoms with Gasteiger partial charge in [-0.15, -0.1) is 4.41 Å². The van der Waals surface area contributed by atoms with Crippen molar-refractivity contribution in [1.29, 1.82) is 0 Å². The summed E-state index contributed by atoms with van der Waals surface area (Å²) in [6.07, 6.45) is 3.67. The van der Waals surface area contributed by atoms with Crippen LogP contribution in [0.5, 0.6) is 5.75 Å². The number of nitrogens with one attached hydrogen (secondary N) is 1. The zero-order chi connectivity index (χ0) is 25.8. The third-order valence-electron chi connectivity index (χ3n) is 6.94. The molecule has 2 amide bonds. The molecule has 36 heavy (non-hydrogen) atoms. The lowest BCUT2D eigenvalue weighted by molar-refractivity contribution is 0.0660. The normalized spacial score (nSPS) is 16.3. The molecular formula is C27H34FN3O4S. The first-order valence-corrected chi connectivity index (χ1v) is 13.0. The standard InChI is InChI=1S/C27H34FN3O4S/c1-17-5-6-21(13-18(17)2)27(33)31-11-9-19(10-12-31)16-35-25-15-24(28)23(14-22(25)20-7-8-20)26(32)29-30(3)36-34-4/h5-6,13-15,19-20H,7-12,16H2,1-4H3,(H,29,32). The molecular weight excluding hydrogens is 481 g/mol. The fourth-order valence-corrected chi connectivity index (χ4v) is 4.83. The zero-order valence-electron chi connectivity index (χ0n) is 21.3. The Balaban J connectivity index is 1.35. The van der Waals surface area contributed by atoms with Crippen LogP contribution in [0.2, 0.25) is 0 Å². The topological polar surface area (TPSA) is 71.1 Å². The molecule has 0 bridgehead atoms. The lowest BCUT2D eigenvalue weighted by Gasteiger charge is -2.32. The number of piperidine rings is 1. The highest BCUT2D eigenvalue weighted by atomic mass is 32.2. The van der Waals surface area contributed by atoms with E-state index in [1.54, 1.807) is 13.1 Å². The predicted molar refractivity (Wildman–Crippen MR) is 138 cm³/mol. The van der Waals surface area contributed by atoms with Crippen LogP contribution in [0.15, 0.2) is 30.3 Å².